The summed E-state index contributed by atoms with van der Waals surface area (Å²) in [4.78, 5) is 35.0. The summed E-state index contributed by atoms with van der Waals surface area (Å²) in [5.74, 6) is 0.976. The molecule has 0 aliphatic heterocycles. The second-order valence-electron chi connectivity index (χ2n) is 9.76. The Bertz CT molecular complexity index is 501. The quantitative estimate of drug-likeness (QED) is 0.0689. The number of hydrogen-bond donors (Lipinski definition) is 1. The Kier molecular flexibility index (Phi) is 26.7. The summed E-state index contributed by atoms with van der Waals surface area (Å²) in [5.41, 5.74) is 0. The zero-order valence-electron chi connectivity index (χ0n) is 23.0. The monoisotopic (exact) mass is 513 g/mol. The average Bonchev–Trinajstić information content (AvgIpc) is 2.85. The summed E-state index contributed by atoms with van der Waals surface area (Å²) in [6.07, 6.45) is 24.1. The van der Waals surface area contributed by atoms with E-state index in [2.05, 4.69) is 19.2 Å². The van der Waals surface area contributed by atoms with Crippen LogP contribution in [-0.4, -0.2) is 42.3 Å². The Balaban J connectivity index is 3.48. The van der Waals surface area contributed by atoms with Gasteiger partial charge in [-0.25, -0.2) is 0 Å². The minimum Gasteiger partial charge on any atom is -0.465 e. The van der Waals surface area contributed by atoms with Crippen LogP contribution in [-0.2, 0) is 19.1 Å². The maximum Gasteiger partial charge on any atom is 0.305 e. The highest BCUT2D eigenvalue weighted by Crippen LogP contribution is 2.13. The first-order chi connectivity index (χ1) is 17.1. The molecule has 0 aromatic heterocycles. The van der Waals surface area contributed by atoms with Gasteiger partial charge in [-0.15, -0.1) is 0 Å². The standard InChI is InChI=1S/C29H55NO4S/c1-3-5-7-9-10-11-12-13-14-15-16-18-20-22-29(33)34-23-24-35-26-27(25-31)30-28(32)21-19-17-8-6-4-2/h25,27H,3-24,26H2,1-2H3,(H,30,32)/t27-/m1/s1. The Morgan fingerprint density at radius 3 is 1.66 bits per heavy atom. The van der Waals surface area contributed by atoms with Crippen molar-refractivity contribution in [2.45, 2.75) is 148 Å². The fraction of sp³-hybridized carbons (Fsp3) is 0.897. The number of thioether (sulfide) groups is 1. The van der Waals surface area contributed by atoms with Crippen molar-refractivity contribution in [3.63, 3.8) is 0 Å². The minimum atomic E-state index is -0.468. The van der Waals surface area contributed by atoms with Gasteiger partial charge in [-0.05, 0) is 12.8 Å². The summed E-state index contributed by atoms with van der Waals surface area (Å²) in [6.45, 7) is 4.79. The van der Waals surface area contributed by atoms with Crippen LogP contribution in [0.2, 0.25) is 0 Å². The third-order valence-corrected chi connectivity index (χ3v) is 7.34. The van der Waals surface area contributed by atoms with E-state index in [-0.39, 0.29) is 11.9 Å². The first-order valence-corrected chi connectivity index (χ1v) is 15.8. The fourth-order valence-corrected chi connectivity index (χ4v) is 4.85. The van der Waals surface area contributed by atoms with Crippen LogP contribution in [0.15, 0.2) is 0 Å². The summed E-state index contributed by atoms with van der Waals surface area (Å²) in [7, 11) is 0. The van der Waals surface area contributed by atoms with Crippen LogP contribution in [0.5, 0.6) is 0 Å². The Labute approximate surface area is 220 Å². The number of hydrogen-bond acceptors (Lipinski definition) is 5. The molecule has 0 fully saturated rings. The van der Waals surface area contributed by atoms with Crippen LogP contribution in [0.1, 0.15) is 142 Å². The van der Waals surface area contributed by atoms with Crippen molar-refractivity contribution in [1.82, 2.24) is 5.32 Å². The number of aldehydes is 1. The molecule has 0 aliphatic rings. The molecule has 0 saturated heterocycles. The molecule has 6 heteroatoms. The maximum absolute atomic E-state index is 11.9. The van der Waals surface area contributed by atoms with Gasteiger partial charge in [-0.3, -0.25) is 9.59 Å². The van der Waals surface area contributed by atoms with E-state index in [0.717, 1.165) is 38.4 Å². The molecule has 0 aliphatic carbocycles. The summed E-state index contributed by atoms with van der Waals surface area (Å²) in [5, 5.41) is 2.79. The molecule has 1 atom stereocenters. The lowest BCUT2D eigenvalue weighted by Gasteiger charge is -2.12. The summed E-state index contributed by atoms with van der Waals surface area (Å²) >= 11 is 1.53. The lowest BCUT2D eigenvalue weighted by Crippen LogP contribution is -2.37. The number of carbonyl (C=O) groups excluding carboxylic acids is 3. The number of esters is 1. The molecule has 5 nitrogen and oxygen atoms in total. The van der Waals surface area contributed by atoms with Crippen molar-refractivity contribution in [2.24, 2.45) is 0 Å². The molecule has 0 saturated carbocycles. The van der Waals surface area contributed by atoms with Crippen LogP contribution >= 0.6 is 11.8 Å². The topological polar surface area (TPSA) is 72.5 Å². The Morgan fingerprint density at radius 2 is 1.17 bits per heavy atom. The van der Waals surface area contributed by atoms with Gasteiger partial charge in [0.2, 0.25) is 5.91 Å². The number of rotatable bonds is 27. The van der Waals surface area contributed by atoms with Gasteiger partial charge in [-0.2, -0.15) is 11.8 Å². The number of ether oxygens (including phenoxy) is 1. The fourth-order valence-electron chi connectivity index (χ4n) is 4.07. The van der Waals surface area contributed by atoms with Crippen molar-refractivity contribution in [3.8, 4) is 0 Å². The van der Waals surface area contributed by atoms with Crippen LogP contribution in [0, 0.1) is 0 Å². The first-order valence-electron chi connectivity index (χ1n) is 14.6. The molecule has 1 amide bonds. The third kappa shape index (κ3) is 25.8. The number of nitrogens with one attached hydrogen (secondary N) is 1. The van der Waals surface area contributed by atoms with Gasteiger partial charge >= 0.3 is 5.97 Å². The molecule has 0 radical (unpaired) electrons. The van der Waals surface area contributed by atoms with Crippen LogP contribution in [0.4, 0.5) is 0 Å². The Morgan fingerprint density at radius 1 is 0.714 bits per heavy atom. The van der Waals surface area contributed by atoms with Gasteiger partial charge in [0.15, 0.2) is 0 Å². The molecular formula is C29H55NO4S. The molecule has 35 heavy (non-hydrogen) atoms. The van der Waals surface area contributed by atoms with Crippen molar-refractivity contribution in [2.75, 3.05) is 18.1 Å². The molecule has 0 aromatic rings. The molecule has 0 bridgehead atoms. The average molecular weight is 514 g/mol. The largest absolute Gasteiger partial charge is 0.465 e. The van der Waals surface area contributed by atoms with E-state index in [4.69, 9.17) is 4.74 Å². The predicted octanol–water partition coefficient (Wildman–Crippen LogP) is 7.79. The minimum absolute atomic E-state index is 0.0524. The second-order valence-corrected chi connectivity index (χ2v) is 10.9. The number of amides is 1. The SMILES string of the molecule is CCCCCCCCCCCCCCCC(=O)OCCSC[C@@H](C=O)NC(=O)CCCCCCC. The molecule has 1 N–H and O–H groups in total. The highest BCUT2D eigenvalue weighted by molar-refractivity contribution is 7.99. The zero-order chi connectivity index (χ0) is 25.8. The smallest absolute Gasteiger partial charge is 0.305 e. The van der Waals surface area contributed by atoms with Gasteiger partial charge in [0, 0.05) is 24.3 Å². The van der Waals surface area contributed by atoms with Crippen molar-refractivity contribution in [3.05, 3.63) is 0 Å². The molecule has 0 heterocycles. The molecule has 0 aromatic carbocycles. The second kappa shape index (κ2) is 27.5. The molecule has 0 rings (SSSR count). The van der Waals surface area contributed by atoms with Gasteiger partial charge < -0.3 is 14.8 Å². The van der Waals surface area contributed by atoms with Gasteiger partial charge in [0.1, 0.15) is 12.9 Å². The highest BCUT2D eigenvalue weighted by Gasteiger charge is 2.11. The molecular weight excluding hydrogens is 458 g/mol. The van der Waals surface area contributed by atoms with E-state index >= 15 is 0 Å². The van der Waals surface area contributed by atoms with E-state index in [1.54, 1.807) is 0 Å². The van der Waals surface area contributed by atoms with Crippen molar-refractivity contribution < 1.29 is 19.1 Å². The Hall–Kier alpha value is -1.04. The van der Waals surface area contributed by atoms with Gasteiger partial charge in [0.05, 0.1) is 6.04 Å². The van der Waals surface area contributed by atoms with Gasteiger partial charge in [-0.1, -0.05) is 117 Å². The van der Waals surface area contributed by atoms with E-state index in [0.29, 0.717) is 31.0 Å². The van der Waals surface area contributed by atoms with Gasteiger partial charge in [0.25, 0.3) is 0 Å². The predicted molar refractivity (Wildman–Crippen MR) is 150 cm³/mol. The molecule has 0 unspecified atom stereocenters. The molecule has 206 valence electrons. The lowest BCUT2D eigenvalue weighted by atomic mass is 10.0. The maximum atomic E-state index is 11.9. The van der Waals surface area contributed by atoms with E-state index in [1.165, 1.54) is 95.2 Å². The first kappa shape index (κ1) is 34.0. The van der Waals surface area contributed by atoms with Crippen molar-refractivity contribution in [1.29, 1.82) is 0 Å². The number of carbonyl (C=O) groups is 3. The normalized spacial score (nSPS) is 11.8. The lowest BCUT2D eigenvalue weighted by molar-refractivity contribution is -0.143. The van der Waals surface area contributed by atoms with Crippen molar-refractivity contribution >= 4 is 29.9 Å². The van der Waals surface area contributed by atoms with Crippen LogP contribution in [0.25, 0.3) is 0 Å². The third-order valence-electron chi connectivity index (χ3n) is 6.29. The van der Waals surface area contributed by atoms with Crippen LogP contribution < -0.4 is 5.32 Å². The van der Waals surface area contributed by atoms with E-state index < -0.39 is 6.04 Å². The zero-order valence-corrected chi connectivity index (χ0v) is 23.8. The van der Waals surface area contributed by atoms with E-state index in [1.807, 2.05) is 0 Å². The summed E-state index contributed by atoms with van der Waals surface area (Å²) in [6, 6.07) is -0.468. The highest BCUT2D eigenvalue weighted by atomic mass is 32.2. The number of unbranched alkanes of at least 4 members (excludes halogenated alkanes) is 16. The molecule has 0 spiro atoms. The van der Waals surface area contributed by atoms with Crippen LogP contribution in [0.3, 0.4) is 0 Å². The van der Waals surface area contributed by atoms with E-state index in [9.17, 15) is 14.4 Å². The summed E-state index contributed by atoms with van der Waals surface area (Å²) < 4.78 is 5.30.